The summed E-state index contributed by atoms with van der Waals surface area (Å²) in [6.45, 7) is 1.97. The zero-order valence-electron chi connectivity index (χ0n) is 11.7. The number of nitrogens with zero attached hydrogens (tertiary/aromatic N) is 1. The normalized spacial score (nSPS) is 11.3. The second-order valence-corrected chi connectivity index (χ2v) is 6.30. The molecule has 2 aromatic rings. The van der Waals surface area contributed by atoms with Crippen LogP contribution in [-0.2, 0) is 16.4 Å². The number of benzene rings is 1. The Bertz CT molecular complexity index is 680. The Morgan fingerprint density at radius 2 is 2.05 bits per heavy atom. The summed E-state index contributed by atoms with van der Waals surface area (Å²) in [6.07, 6.45) is 2.29. The molecule has 0 saturated heterocycles. The molecule has 0 fully saturated rings. The van der Waals surface area contributed by atoms with Crippen LogP contribution in [0.4, 0.5) is 11.5 Å². The van der Waals surface area contributed by atoms with Crippen molar-refractivity contribution in [3.05, 3.63) is 36.0 Å². The van der Waals surface area contributed by atoms with E-state index in [0.29, 0.717) is 23.7 Å². The van der Waals surface area contributed by atoms with E-state index in [9.17, 15) is 8.42 Å². The van der Waals surface area contributed by atoms with E-state index < -0.39 is 10.0 Å². The monoisotopic (exact) mass is 310 g/mol. The van der Waals surface area contributed by atoms with E-state index in [2.05, 4.69) is 14.9 Å². The van der Waals surface area contributed by atoms with E-state index in [1.165, 1.54) is 0 Å². The molecule has 0 atom stereocenters. The topological polar surface area (TPSA) is 110 Å². The van der Waals surface area contributed by atoms with Crippen molar-refractivity contribution in [2.24, 2.45) is 0 Å². The SMILES string of the molecule is CCc1cn[nH]c1NS(=O)(=O)CCOc1ccc(N)cc1. The Morgan fingerprint density at radius 1 is 1.33 bits per heavy atom. The van der Waals surface area contributed by atoms with Gasteiger partial charge >= 0.3 is 0 Å². The van der Waals surface area contributed by atoms with Crippen molar-refractivity contribution < 1.29 is 13.2 Å². The number of hydrogen-bond acceptors (Lipinski definition) is 5. The Labute approximate surface area is 123 Å². The second-order valence-electron chi connectivity index (χ2n) is 4.46. The van der Waals surface area contributed by atoms with E-state index in [0.717, 1.165) is 5.56 Å². The Hall–Kier alpha value is -2.22. The average molecular weight is 310 g/mol. The molecule has 0 spiro atoms. The van der Waals surface area contributed by atoms with Gasteiger partial charge in [0, 0.05) is 11.3 Å². The summed E-state index contributed by atoms with van der Waals surface area (Å²) in [5.74, 6) is 0.833. The number of anilines is 2. The lowest BCUT2D eigenvalue weighted by molar-refractivity contribution is 0.341. The summed E-state index contributed by atoms with van der Waals surface area (Å²) in [7, 11) is -3.49. The summed E-state index contributed by atoms with van der Waals surface area (Å²) in [5, 5.41) is 6.45. The van der Waals surface area contributed by atoms with E-state index in [1.807, 2.05) is 6.92 Å². The summed E-state index contributed by atoms with van der Waals surface area (Å²) in [6, 6.07) is 6.78. The smallest absolute Gasteiger partial charge is 0.237 e. The molecule has 21 heavy (non-hydrogen) atoms. The number of hydrogen-bond donors (Lipinski definition) is 3. The van der Waals surface area contributed by atoms with Crippen LogP contribution >= 0.6 is 0 Å². The molecule has 7 nitrogen and oxygen atoms in total. The molecule has 0 bridgehead atoms. The molecular formula is C13H18N4O3S. The minimum absolute atomic E-state index is 0.0504. The number of nitrogen functional groups attached to an aromatic ring is 1. The maximum Gasteiger partial charge on any atom is 0.237 e. The summed E-state index contributed by atoms with van der Waals surface area (Å²) < 4.78 is 31.7. The molecule has 8 heteroatoms. The second kappa shape index (κ2) is 6.49. The van der Waals surface area contributed by atoms with Gasteiger partial charge in [-0.3, -0.25) is 9.82 Å². The van der Waals surface area contributed by atoms with Crippen LogP contribution in [0.15, 0.2) is 30.5 Å². The maximum absolute atomic E-state index is 12.0. The van der Waals surface area contributed by atoms with Crippen molar-refractivity contribution in [3.63, 3.8) is 0 Å². The lowest BCUT2D eigenvalue weighted by Gasteiger charge is -2.09. The number of nitrogens with two attached hydrogens (primary N) is 1. The first-order valence-electron chi connectivity index (χ1n) is 6.51. The molecule has 114 valence electrons. The van der Waals surface area contributed by atoms with Crippen molar-refractivity contribution in [1.82, 2.24) is 10.2 Å². The van der Waals surface area contributed by atoms with Gasteiger partial charge in [-0.1, -0.05) is 6.92 Å². The molecule has 0 aliphatic carbocycles. The fourth-order valence-electron chi connectivity index (χ4n) is 1.71. The number of ether oxygens (including phenoxy) is 1. The molecule has 1 aromatic carbocycles. The first-order valence-corrected chi connectivity index (χ1v) is 8.16. The van der Waals surface area contributed by atoms with Crippen LogP contribution < -0.4 is 15.2 Å². The van der Waals surface area contributed by atoms with Gasteiger partial charge in [-0.25, -0.2) is 8.42 Å². The number of H-pyrrole nitrogens is 1. The van der Waals surface area contributed by atoms with E-state index in [-0.39, 0.29) is 12.4 Å². The highest BCUT2D eigenvalue weighted by Crippen LogP contribution is 2.15. The predicted molar refractivity (Wildman–Crippen MR) is 81.7 cm³/mol. The molecule has 0 aliphatic heterocycles. The van der Waals surface area contributed by atoms with Crippen molar-refractivity contribution >= 4 is 21.5 Å². The Kier molecular flexibility index (Phi) is 4.69. The van der Waals surface area contributed by atoms with Crippen LogP contribution in [0.5, 0.6) is 5.75 Å². The largest absolute Gasteiger partial charge is 0.492 e. The average Bonchev–Trinajstić information content (AvgIpc) is 2.87. The summed E-state index contributed by atoms with van der Waals surface area (Å²) >= 11 is 0. The number of rotatable bonds is 7. The number of aromatic nitrogens is 2. The van der Waals surface area contributed by atoms with Crippen LogP contribution in [0.3, 0.4) is 0 Å². The van der Waals surface area contributed by atoms with Crippen molar-refractivity contribution in [1.29, 1.82) is 0 Å². The lowest BCUT2D eigenvalue weighted by Crippen LogP contribution is -2.22. The maximum atomic E-state index is 12.0. The van der Waals surface area contributed by atoms with Crippen LogP contribution in [0.1, 0.15) is 12.5 Å². The highest BCUT2D eigenvalue weighted by atomic mass is 32.2. The Balaban J connectivity index is 1.88. The molecule has 0 amide bonds. The van der Waals surface area contributed by atoms with Crippen LogP contribution in [-0.4, -0.2) is 31.0 Å². The van der Waals surface area contributed by atoms with Crippen LogP contribution in [0.2, 0.25) is 0 Å². The first-order chi connectivity index (χ1) is 10.00. The van der Waals surface area contributed by atoms with Gasteiger partial charge in [0.1, 0.15) is 23.9 Å². The molecule has 0 saturated carbocycles. The third-order valence-electron chi connectivity index (χ3n) is 2.86. The van der Waals surface area contributed by atoms with Gasteiger partial charge in [0.15, 0.2) is 0 Å². The van der Waals surface area contributed by atoms with Gasteiger partial charge in [-0.2, -0.15) is 5.10 Å². The minimum Gasteiger partial charge on any atom is -0.492 e. The fourth-order valence-corrected chi connectivity index (χ4v) is 2.60. The van der Waals surface area contributed by atoms with Gasteiger partial charge in [-0.15, -0.1) is 0 Å². The van der Waals surface area contributed by atoms with Gasteiger partial charge < -0.3 is 10.5 Å². The highest BCUT2D eigenvalue weighted by molar-refractivity contribution is 7.92. The molecule has 0 radical (unpaired) electrons. The number of nitrogens with one attached hydrogen (secondary N) is 2. The quantitative estimate of drug-likeness (QED) is 0.669. The van der Waals surface area contributed by atoms with Crippen molar-refractivity contribution in [3.8, 4) is 5.75 Å². The number of aryl methyl sites for hydroxylation is 1. The lowest BCUT2D eigenvalue weighted by atomic mass is 10.3. The van der Waals surface area contributed by atoms with Gasteiger partial charge in [0.25, 0.3) is 0 Å². The third kappa shape index (κ3) is 4.38. The minimum atomic E-state index is -3.49. The predicted octanol–water partition coefficient (Wildman–Crippen LogP) is 1.37. The first kappa shape index (κ1) is 15.2. The Morgan fingerprint density at radius 3 is 2.71 bits per heavy atom. The zero-order valence-corrected chi connectivity index (χ0v) is 12.5. The molecule has 1 aromatic heterocycles. The zero-order chi connectivity index (χ0) is 15.3. The number of aromatic amines is 1. The molecule has 1 heterocycles. The van der Waals surface area contributed by atoms with Gasteiger partial charge in [-0.05, 0) is 30.7 Å². The van der Waals surface area contributed by atoms with E-state index >= 15 is 0 Å². The summed E-state index contributed by atoms with van der Waals surface area (Å²) in [4.78, 5) is 0. The molecular weight excluding hydrogens is 292 g/mol. The fraction of sp³-hybridized carbons (Fsp3) is 0.308. The number of sulfonamides is 1. The third-order valence-corrected chi connectivity index (χ3v) is 4.08. The summed E-state index contributed by atoms with van der Waals surface area (Å²) in [5.41, 5.74) is 7.00. The van der Waals surface area contributed by atoms with Crippen molar-refractivity contribution in [2.45, 2.75) is 13.3 Å². The van der Waals surface area contributed by atoms with E-state index in [4.69, 9.17) is 10.5 Å². The molecule has 0 unspecified atom stereocenters. The van der Waals surface area contributed by atoms with Crippen LogP contribution in [0.25, 0.3) is 0 Å². The van der Waals surface area contributed by atoms with Crippen LogP contribution in [0, 0.1) is 0 Å². The molecule has 4 N–H and O–H groups in total. The standard InChI is InChI=1S/C13H18N4O3S/c1-2-10-9-15-16-13(10)17-21(18,19)8-7-20-12-5-3-11(14)4-6-12/h3-6,9H,2,7-8,14H2,1H3,(H2,15,16,17). The van der Waals surface area contributed by atoms with E-state index in [1.54, 1.807) is 30.5 Å². The van der Waals surface area contributed by atoms with Gasteiger partial charge in [0.05, 0.1) is 6.20 Å². The van der Waals surface area contributed by atoms with Crippen molar-refractivity contribution in [2.75, 3.05) is 22.8 Å². The highest BCUT2D eigenvalue weighted by Gasteiger charge is 2.14. The van der Waals surface area contributed by atoms with Gasteiger partial charge in [0.2, 0.25) is 10.0 Å². The molecule has 0 aliphatic rings. The molecule has 2 rings (SSSR count).